The van der Waals surface area contributed by atoms with E-state index in [1.807, 2.05) is 12.1 Å². The zero-order valence-electron chi connectivity index (χ0n) is 10.8. The van der Waals surface area contributed by atoms with E-state index >= 15 is 0 Å². The van der Waals surface area contributed by atoms with Gasteiger partial charge >= 0.3 is 0 Å². The van der Waals surface area contributed by atoms with Crippen molar-refractivity contribution in [3.05, 3.63) is 48.0 Å². The fourth-order valence-electron chi connectivity index (χ4n) is 1.77. The molecule has 2 aromatic heterocycles. The molecule has 0 aliphatic carbocycles. The molecule has 6 nitrogen and oxygen atoms in total. The maximum absolute atomic E-state index is 10.1. The monoisotopic (exact) mass is 538 g/mol. The first-order chi connectivity index (χ1) is 10.6. The zero-order chi connectivity index (χ0) is 15.7. The number of aromatic hydroxyl groups is 1. The van der Waals surface area contributed by atoms with Gasteiger partial charge in [0.15, 0.2) is 5.76 Å². The van der Waals surface area contributed by atoms with Crippen LogP contribution in [0.5, 0.6) is 5.75 Å². The number of rotatable bonds is 3. The van der Waals surface area contributed by atoms with Gasteiger partial charge < -0.3 is 9.52 Å². The van der Waals surface area contributed by atoms with Crippen LogP contribution in [0.4, 0.5) is 0 Å². The van der Waals surface area contributed by atoms with Gasteiger partial charge in [-0.15, -0.1) is 5.10 Å². The van der Waals surface area contributed by atoms with Crippen LogP contribution in [0.15, 0.2) is 40.0 Å². The van der Waals surface area contributed by atoms with Gasteiger partial charge in [-0.05, 0) is 81.7 Å². The highest BCUT2D eigenvalue weighted by Crippen LogP contribution is 2.26. The number of hydrogen-bond acceptors (Lipinski definition) is 5. The molecule has 0 amide bonds. The van der Waals surface area contributed by atoms with E-state index in [4.69, 9.17) is 16.6 Å². The molecule has 22 heavy (non-hydrogen) atoms. The summed E-state index contributed by atoms with van der Waals surface area (Å²) in [4.78, 5) is 0. The lowest BCUT2D eigenvalue weighted by atomic mass is 10.2. The summed E-state index contributed by atoms with van der Waals surface area (Å²) in [6.45, 7) is 0. The Morgan fingerprint density at radius 1 is 1.41 bits per heavy atom. The Bertz CT molecular complexity index is 899. The summed E-state index contributed by atoms with van der Waals surface area (Å²) < 4.78 is 8.85. The van der Waals surface area contributed by atoms with Gasteiger partial charge in [0.2, 0.25) is 10.6 Å². The van der Waals surface area contributed by atoms with Crippen LogP contribution >= 0.6 is 57.4 Å². The van der Waals surface area contributed by atoms with Crippen molar-refractivity contribution in [1.29, 1.82) is 0 Å². The first-order valence-corrected chi connectivity index (χ1v) is 8.56. The van der Waals surface area contributed by atoms with Gasteiger partial charge in [-0.1, -0.05) is 0 Å². The molecule has 0 fully saturated rings. The van der Waals surface area contributed by atoms with Gasteiger partial charge in [0, 0.05) is 9.13 Å². The minimum atomic E-state index is 0.180. The molecule has 0 unspecified atom stereocenters. The Morgan fingerprint density at radius 3 is 2.95 bits per heavy atom. The molecule has 0 bridgehead atoms. The van der Waals surface area contributed by atoms with Crippen molar-refractivity contribution >= 4 is 63.6 Å². The Kier molecular flexibility index (Phi) is 4.63. The summed E-state index contributed by atoms with van der Waals surface area (Å²) in [6, 6.07) is 7.24. The molecular formula is C13H8I2N4O2S. The number of phenolic OH excluding ortho intramolecular Hbond substituents is 1. The molecule has 112 valence electrons. The molecule has 3 aromatic rings. The molecule has 0 aliphatic heterocycles. The van der Waals surface area contributed by atoms with Gasteiger partial charge in [0.1, 0.15) is 5.75 Å². The second-order valence-corrected chi connectivity index (χ2v) is 7.01. The van der Waals surface area contributed by atoms with E-state index in [2.05, 4.69) is 60.5 Å². The molecule has 0 aliphatic rings. The number of nitrogens with one attached hydrogen (secondary N) is 1. The average Bonchev–Trinajstić information content (AvgIpc) is 3.11. The second kappa shape index (κ2) is 6.50. The van der Waals surface area contributed by atoms with Gasteiger partial charge in [-0.25, -0.2) is 5.10 Å². The Morgan fingerprint density at radius 2 is 2.23 bits per heavy atom. The number of aromatic amines is 1. The van der Waals surface area contributed by atoms with E-state index in [9.17, 15) is 5.11 Å². The van der Waals surface area contributed by atoms with E-state index in [0.29, 0.717) is 21.9 Å². The summed E-state index contributed by atoms with van der Waals surface area (Å²) in [6.07, 6.45) is 3.09. The number of halogens is 2. The summed E-state index contributed by atoms with van der Waals surface area (Å²) in [5.74, 6) is 1.19. The lowest BCUT2D eigenvalue weighted by molar-refractivity contribution is 0.470. The molecule has 9 heteroatoms. The molecule has 0 saturated heterocycles. The fraction of sp³-hybridized carbons (Fsp3) is 0. The van der Waals surface area contributed by atoms with Crippen molar-refractivity contribution < 1.29 is 9.52 Å². The van der Waals surface area contributed by atoms with Gasteiger partial charge in [0.25, 0.3) is 0 Å². The van der Waals surface area contributed by atoms with Crippen LogP contribution in [-0.4, -0.2) is 26.2 Å². The summed E-state index contributed by atoms with van der Waals surface area (Å²) >= 11 is 9.43. The Labute approximate surface area is 157 Å². The van der Waals surface area contributed by atoms with Crippen LogP contribution in [0.25, 0.3) is 11.6 Å². The van der Waals surface area contributed by atoms with Crippen LogP contribution in [0.1, 0.15) is 5.56 Å². The quantitative estimate of drug-likeness (QED) is 0.301. The molecule has 3 rings (SSSR count). The van der Waals surface area contributed by atoms with Crippen LogP contribution in [0.3, 0.4) is 0 Å². The molecule has 2 N–H and O–H groups in total. The molecular weight excluding hydrogens is 530 g/mol. The number of benzene rings is 1. The third-order valence-electron chi connectivity index (χ3n) is 2.76. The van der Waals surface area contributed by atoms with Crippen molar-refractivity contribution in [2.24, 2.45) is 5.10 Å². The SMILES string of the molecule is Oc1c(I)cc(I)cc1/C=N/n1c(-c2ccco2)n[nH]c1=S. The molecule has 1 aromatic carbocycles. The molecule has 0 spiro atoms. The predicted octanol–water partition coefficient (Wildman–Crippen LogP) is 4.00. The van der Waals surface area contributed by atoms with Crippen molar-refractivity contribution in [3.63, 3.8) is 0 Å². The second-order valence-electron chi connectivity index (χ2n) is 4.21. The van der Waals surface area contributed by atoms with Crippen LogP contribution in [0.2, 0.25) is 0 Å². The summed E-state index contributed by atoms with van der Waals surface area (Å²) in [5.41, 5.74) is 0.602. The lowest BCUT2D eigenvalue weighted by Gasteiger charge is -2.03. The highest BCUT2D eigenvalue weighted by molar-refractivity contribution is 14.1. The molecule has 2 heterocycles. The molecule has 0 radical (unpaired) electrons. The van der Waals surface area contributed by atoms with Crippen molar-refractivity contribution in [2.75, 3.05) is 0 Å². The maximum Gasteiger partial charge on any atom is 0.219 e. The molecule has 0 atom stereocenters. The minimum absolute atomic E-state index is 0.180. The normalized spacial score (nSPS) is 11.4. The number of hydrogen-bond donors (Lipinski definition) is 2. The van der Waals surface area contributed by atoms with Crippen molar-refractivity contribution in [2.45, 2.75) is 0 Å². The van der Waals surface area contributed by atoms with Gasteiger partial charge in [-0.2, -0.15) is 9.78 Å². The summed E-state index contributed by atoms with van der Waals surface area (Å²) in [5, 5.41) is 21.2. The lowest BCUT2D eigenvalue weighted by Crippen LogP contribution is -1.95. The number of phenols is 1. The highest BCUT2D eigenvalue weighted by Gasteiger charge is 2.11. The molecule has 0 saturated carbocycles. The Balaban J connectivity index is 2.04. The zero-order valence-corrected chi connectivity index (χ0v) is 16.0. The number of nitrogens with zero attached hydrogens (tertiary/aromatic N) is 3. The highest BCUT2D eigenvalue weighted by atomic mass is 127. The van der Waals surface area contributed by atoms with E-state index < -0.39 is 0 Å². The van der Waals surface area contributed by atoms with Crippen LogP contribution in [-0.2, 0) is 0 Å². The number of aromatic nitrogens is 3. The van der Waals surface area contributed by atoms with E-state index in [1.165, 1.54) is 10.9 Å². The summed E-state index contributed by atoms with van der Waals surface area (Å²) in [7, 11) is 0. The van der Waals surface area contributed by atoms with Crippen molar-refractivity contribution in [1.82, 2.24) is 14.9 Å². The first-order valence-electron chi connectivity index (χ1n) is 6.00. The van der Waals surface area contributed by atoms with E-state index in [0.717, 1.165) is 7.14 Å². The first kappa shape index (κ1) is 15.7. The van der Waals surface area contributed by atoms with E-state index in [-0.39, 0.29) is 5.75 Å². The van der Waals surface area contributed by atoms with Crippen LogP contribution < -0.4 is 0 Å². The largest absolute Gasteiger partial charge is 0.506 e. The van der Waals surface area contributed by atoms with Crippen molar-refractivity contribution in [3.8, 4) is 17.3 Å². The van der Waals surface area contributed by atoms with Crippen LogP contribution in [0, 0.1) is 11.9 Å². The minimum Gasteiger partial charge on any atom is -0.506 e. The third kappa shape index (κ3) is 3.10. The van der Waals surface area contributed by atoms with Gasteiger partial charge in [0.05, 0.1) is 16.0 Å². The Hall–Kier alpha value is -1.21. The van der Waals surface area contributed by atoms with E-state index in [1.54, 1.807) is 18.4 Å². The predicted molar refractivity (Wildman–Crippen MR) is 102 cm³/mol. The number of furan rings is 1. The third-order valence-corrected chi connectivity index (χ3v) is 4.47. The smallest absolute Gasteiger partial charge is 0.219 e. The maximum atomic E-state index is 10.1. The standard InChI is InChI=1S/C13H8I2N4O2S/c14-8-4-7(11(20)9(15)5-8)6-16-19-12(17-18-13(19)22)10-2-1-3-21-10/h1-6,20H,(H,18,22)/b16-6+. The van der Waals surface area contributed by atoms with Gasteiger partial charge in [-0.3, -0.25) is 0 Å². The topological polar surface area (TPSA) is 79.3 Å². The average molecular weight is 538 g/mol. The fourth-order valence-corrected chi connectivity index (χ4v) is 3.84. The number of H-pyrrole nitrogens is 1.